The highest BCUT2D eigenvalue weighted by Crippen LogP contribution is 2.42. The highest BCUT2D eigenvalue weighted by molar-refractivity contribution is 5.02. The van der Waals surface area contributed by atoms with Crippen molar-refractivity contribution in [3.8, 4) is 0 Å². The van der Waals surface area contributed by atoms with E-state index >= 15 is 0 Å². The third-order valence-electron chi connectivity index (χ3n) is 3.89. The molecule has 0 radical (unpaired) electrons. The standard InChI is InChI=1S/C14H29NO/c1-6-16-13-10-12(14(13,4)5)15-9-7-8-11(2)3/h11-13,15H,6-10H2,1-5H3. The Bertz CT molecular complexity index is 201. The van der Waals surface area contributed by atoms with Gasteiger partial charge in [-0.3, -0.25) is 0 Å². The van der Waals surface area contributed by atoms with Crippen LogP contribution in [0.1, 0.15) is 53.9 Å². The molecule has 2 atom stereocenters. The molecule has 2 heteroatoms. The predicted octanol–water partition coefficient (Wildman–Crippen LogP) is 3.22. The van der Waals surface area contributed by atoms with E-state index in [1.54, 1.807) is 0 Å². The Kier molecular flexibility index (Phi) is 5.26. The smallest absolute Gasteiger partial charge is 0.0655 e. The van der Waals surface area contributed by atoms with Gasteiger partial charge in [-0.1, -0.05) is 27.7 Å². The number of hydrogen-bond donors (Lipinski definition) is 1. The van der Waals surface area contributed by atoms with Gasteiger partial charge in [0.15, 0.2) is 0 Å². The summed E-state index contributed by atoms with van der Waals surface area (Å²) in [5.74, 6) is 0.826. The van der Waals surface area contributed by atoms with E-state index in [4.69, 9.17) is 4.74 Å². The molecule has 1 fully saturated rings. The Morgan fingerprint density at radius 2 is 2.06 bits per heavy atom. The van der Waals surface area contributed by atoms with E-state index in [1.807, 2.05) is 0 Å². The lowest BCUT2D eigenvalue weighted by atomic mass is 9.64. The van der Waals surface area contributed by atoms with Crippen molar-refractivity contribution in [3.05, 3.63) is 0 Å². The molecule has 1 N–H and O–H groups in total. The minimum atomic E-state index is 0.313. The molecule has 0 saturated heterocycles. The molecule has 16 heavy (non-hydrogen) atoms. The molecule has 0 heterocycles. The molecule has 96 valence electrons. The first-order valence-corrected chi connectivity index (χ1v) is 6.83. The first kappa shape index (κ1) is 14.0. The summed E-state index contributed by atoms with van der Waals surface area (Å²) >= 11 is 0. The van der Waals surface area contributed by atoms with Crippen molar-refractivity contribution in [2.24, 2.45) is 11.3 Å². The van der Waals surface area contributed by atoms with E-state index in [0.717, 1.165) is 19.1 Å². The van der Waals surface area contributed by atoms with E-state index in [2.05, 4.69) is 39.9 Å². The van der Waals surface area contributed by atoms with Gasteiger partial charge in [0.05, 0.1) is 6.10 Å². The average Bonchev–Trinajstić information content (AvgIpc) is 2.20. The Labute approximate surface area is 101 Å². The Balaban J connectivity index is 2.16. The molecule has 1 saturated carbocycles. The number of hydrogen-bond acceptors (Lipinski definition) is 2. The summed E-state index contributed by atoms with van der Waals surface area (Å²) in [4.78, 5) is 0. The van der Waals surface area contributed by atoms with Gasteiger partial charge in [0.2, 0.25) is 0 Å². The SMILES string of the molecule is CCOC1CC(NCCCC(C)C)C1(C)C. The maximum absolute atomic E-state index is 5.73. The molecule has 1 aliphatic rings. The van der Waals surface area contributed by atoms with Crippen molar-refractivity contribution in [2.75, 3.05) is 13.2 Å². The third-order valence-corrected chi connectivity index (χ3v) is 3.89. The fourth-order valence-electron chi connectivity index (χ4n) is 2.50. The first-order chi connectivity index (χ1) is 7.48. The molecule has 0 aromatic heterocycles. The average molecular weight is 227 g/mol. The molecule has 2 unspecified atom stereocenters. The number of nitrogens with one attached hydrogen (secondary N) is 1. The fourth-order valence-corrected chi connectivity index (χ4v) is 2.50. The molecule has 0 bridgehead atoms. The highest BCUT2D eigenvalue weighted by atomic mass is 16.5. The summed E-state index contributed by atoms with van der Waals surface area (Å²) in [6, 6.07) is 0.649. The van der Waals surface area contributed by atoms with Gasteiger partial charge in [-0.05, 0) is 38.6 Å². The minimum absolute atomic E-state index is 0.313. The first-order valence-electron chi connectivity index (χ1n) is 6.83. The van der Waals surface area contributed by atoms with E-state index in [9.17, 15) is 0 Å². The lowest BCUT2D eigenvalue weighted by Crippen LogP contribution is -2.61. The van der Waals surface area contributed by atoms with Crippen LogP contribution in [0.3, 0.4) is 0 Å². The predicted molar refractivity (Wildman–Crippen MR) is 69.7 cm³/mol. The lowest BCUT2D eigenvalue weighted by molar-refractivity contribution is -0.114. The molecular formula is C14H29NO. The van der Waals surface area contributed by atoms with Crippen molar-refractivity contribution in [1.29, 1.82) is 0 Å². The molecule has 2 nitrogen and oxygen atoms in total. The van der Waals surface area contributed by atoms with Crippen LogP contribution in [0.15, 0.2) is 0 Å². The lowest BCUT2D eigenvalue weighted by Gasteiger charge is -2.52. The van der Waals surface area contributed by atoms with Crippen LogP contribution >= 0.6 is 0 Å². The van der Waals surface area contributed by atoms with Crippen molar-refractivity contribution in [1.82, 2.24) is 5.32 Å². The Morgan fingerprint density at radius 3 is 2.56 bits per heavy atom. The van der Waals surface area contributed by atoms with Crippen molar-refractivity contribution >= 4 is 0 Å². The Morgan fingerprint density at radius 1 is 1.38 bits per heavy atom. The monoisotopic (exact) mass is 227 g/mol. The zero-order chi connectivity index (χ0) is 12.2. The zero-order valence-electron chi connectivity index (χ0n) is 11.7. The van der Waals surface area contributed by atoms with Crippen LogP contribution in [0, 0.1) is 11.3 Å². The molecule has 0 amide bonds. The summed E-state index contributed by atoms with van der Waals surface area (Å²) in [7, 11) is 0. The maximum Gasteiger partial charge on any atom is 0.0655 e. The summed E-state index contributed by atoms with van der Waals surface area (Å²) < 4.78 is 5.73. The summed E-state index contributed by atoms with van der Waals surface area (Å²) in [5, 5.41) is 3.67. The van der Waals surface area contributed by atoms with Crippen molar-refractivity contribution < 1.29 is 4.74 Å². The van der Waals surface area contributed by atoms with Crippen LogP contribution in [0.4, 0.5) is 0 Å². The second-order valence-corrected chi connectivity index (χ2v) is 6.04. The second-order valence-electron chi connectivity index (χ2n) is 6.04. The third kappa shape index (κ3) is 3.46. The zero-order valence-corrected chi connectivity index (χ0v) is 11.7. The van der Waals surface area contributed by atoms with Gasteiger partial charge in [0, 0.05) is 18.1 Å². The molecule has 1 aliphatic carbocycles. The molecule has 1 rings (SSSR count). The Hall–Kier alpha value is -0.0800. The topological polar surface area (TPSA) is 21.3 Å². The number of ether oxygens (including phenoxy) is 1. The largest absolute Gasteiger partial charge is 0.378 e. The van der Waals surface area contributed by atoms with Crippen LogP contribution in [-0.4, -0.2) is 25.3 Å². The molecule has 0 spiro atoms. The maximum atomic E-state index is 5.73. The van der Waals surface area contributed by atoms with E-state index in [0.29, 0.717) is 17.6 Å². The quantitative estimate of drug-likeness (QED) is 0.674. The van der Waals surface area contributed by atoms with Gasteiger partial charge in [0.25, 0.3) is 0 Å². The minimum Gasteiger partial charge on any atom is -0.378 e. The van der Waals surface area contributed by atoms with Gasteiger partial charge in [0.1, 0.15) is 0 Å². The molecular weight excluding hydrogens is 198 g/mol. The normalized spacial score (nSPS) is 28.1. The summed E-state index contributed by atoms with van der Waals surface area (Å²) in [6.45, 7) is 13.3. The highest BCUT2D eigenvalue weighted by Gasteiger charge is 2.48. The van der Waals surface area contributed by atoms with Gasteiger partial charge in [-0.15, -0.1) is 0 Å². The number of rotatable bonds is 7. The van der Waals surface area contributed by atoms with Crippen LogP contribution in [-0.2, 0) is 4.74 Å². The van der Waals surface area contributed by atoms with E-state index in [1.165, 1.54) is 19.3 Å². The fraction of sp³-hybridized carbons (Fsp3) is 1.00. The van der Waals surface area contributed by atoms with Gasteiger partial charge in [-0.25, -0.2) is 0 Å². The van der Waals surface area contributed by atoms with E-state index < -0.39 is 0 Å². The van der Waals surface area contributed by atoms with Crippen LogP contribution in [0.2, 0.25) is 0 Å². The van der Waals surface area contributed by atoms with E-state index in [-0.39, 0.29) is 0 Å². The summed E-state index contributed by atoms with van der Waals surface area (Å²) in [5.41, 5.74) is 0.313. The molecule has 0 aromatic carbocycles. The molecule has 0 aliphatic heterocycles. The van der Waals surface area contributed by atoms with Crippen LogP contribution in [0.25, 0.3) is 0 Å². The van der Waals surface area contributed by atoms with Crippen molar-refractivity contribution in [2.45, 2.75) is 66.0 Å². The second kappa shape index (κ2) is 6.02. The summed E-state index contributed by atoms with van der Waals surface area (Å²) in [6.07, 6.45) is 4.27. The van der Waals surface area contributed by atoms with Gasteiger partial charge >= 0.3 is 0 Å². The van der Waals surface area contributed by atoms with Crippen LogP contribution < -0.4 is 5.32 Å². The van der Waals surface area contributed by atoms with Crippen molar-refractivity contribution in [3.63, 3.8) is 0 Å². The van der Waals surface area contributed by atoms with Crippen LogP contribution in [0.5, 0.6) is 0 Å². The van der Waals surface area contributed by atoms with Gasteiger partial charge in [-0.2, -0.15) is 0 Å². The molecule has 0 aromatic rings. The van der Waals surface area contributed by atoms with Gasteiger partial charge < -0.3 is 10.1 Å².